The Morgan fingerprint density at radius 1 is 1.21 bits per heavy atom. The highest BCUT2D eigenvalue weighted by molar-refractivity contribution is 5.93. The Bertz CT molecular complexity index is 662. The van der Waals surface area contributed by atoms with E-state index < -0.39 is 0 Å². The van der Waals surface area contributed by atoms with Crippen LogP contribution in [0.3, 0.4) is 0 Å². The quantitative estimate of drug-likeness (QED) is 0.815. The Morgan fingerprint density at radius 2 is 1.95 bits per heavy atom. The minimum Gasteiger partial charge on any atom is -0.397 e. The molecule has 19 heavy (non-hydrogen) atoms. The minimum atomic E-state index is -0.283. The molecule has 0 aliphatic rings. The van der Waals surface area contributed by atoms with E-state index in [1.54, 1.807) is 43.3 Å². The van der Waals surface area contributed by atoms with Crippen LogP contribution in [0, 0.1) is 6.92 Å². The van der Waals surface area contributed by atoms with Gasteiger partial charge >= 0.3 is 0 Å². The molecular weight excluding hydrogens is 242 g/mol. The molecule has 1 aromatic heterocycles. The van der Waals surface area contributed by atoms with Crippen molar-refractivity contribution in [1.29, 1.82) is 0 Å². The number of aromatic nitrogens is 1. The predicted molar refractivity (Wildman–Crippen MR) is 74.9 cm³/mol. The fraction of sp³-hybridized carbons (Fsp3) is 0.143. The van der Waals surface area contributed by atoms with Gasteiger partial charge in [0.1, 0.15) is 6.54 Å². The van der Waals surface area contributed by atoms with E-state index in [9.17, 15) is 9.59 Å². The Labute approximate surface area is 110 Å². The number of anilines is 2. The van der Waals surface area contributed by atoms with Gasteiger partial charge in [-0.2, -0.15) is 0 Å². The van der Waals surface area contributed by atoms with Gasteiger partial charge in [-0.3, -0.25) is 9.59 Å². The summed E-state index contributed by atoms with van der Waals surface area (Å²) in [6, 6.07) is 11.9. The lowest BCUT2D eigenvalue weighted by Crippen LogP contribution is -2.28. The predicted octanol–water partition coefficient (Wildman–Crippen LogP) is 1.38. The zero-order valence-corrected chi connectivity index (χ0v) is 10.6. The number of nitrogens with two attached hydrogens (primary N) is 1. The summed E-state index contributed by atoms with van der Waals surface area (Å²) < 4.78 is 1.41. The smallest absolute Gasteiger partial charge is 0.251 e. The number of pyridine rings is 1. The van der Waals surface area contributed by atoms with Gasteiger partial charge in [-0.25, -0.2) is 0 Å². The van der Waals surface area contributed by atoms with Crippen LogP contribution in [0.15, 0.2) is 47.3 Å². The number of aryl methyl sites for hydroxylation is 1. The maximum absolute atomic E-state index is 11.9. The van der Waals surface area contributed by atoms with Gasteiger partial charge in [-0.1, -0.05) is 18.2 Å². The van der Waals surface area contributed by atoms with Crippen LogP contribution in [-0.4, -0.2) is 10.5 Å². The first-order chi connectivity index (χ1) is 9.08. The van der Waals surface area contributed by atoms with Crippen LogP contribution in [0.1, 0.15) is 5.69 Å². The molecule has 5 heteroatoms. The highest BCUT2D eigenvalue weighted by Crippen LogP contribution is 2.16. The van der Waals surface area contributed by atoms with E-state index in [1.165, 1.54) is 10.6 Å². The molecule has 0 aliphatic heterocycles. The molecule has 0 aliphatic carbocycles. The summed E-state index contributed by atoms with van der Waals surface area (Å²) in [5, 5.41) is 2.69. The van der Waals surface area contributed by atoms with Crippen molar-refractivity contribution in [2.75, 3.05) is 11.1 Å². The Kier molecular flexibility index (Phi) is 3.66. The van der Waals surface area contributed by atoms with Crippen LogP contribution in [0.25, 0.3) is 0 Å². The van der Waals surface area contributed by atoms with Gasteiger partial charge in [-0.05, 0) is 25.1 Å². The molecule has 0 fully saturated rings. The number of carbonyl (C=O) groups excluding carboxylic acids is 1. The van der Waals surface area contributed by atoms with E-state index in [-0.39, 0.29) is 18.0 Å². The van der Waals surface area contributed by atoms with Gasteiger partial charge in [0.05, 0.1) is 11.4 Å². The van der Waals surface area contributed by atoms with Crippen molar-refractivity contribution < 1.29 is 4.79 Å². The molecule has 5 nitrogen and oxygen atoms in total. The third-order valence-corrected chi connectivity index (χ3v) is 2.80. The summed E-state index contributed by atoms with van der Waals surface area (Å²) in [6.45, 7) is 1.76. The first-order valence-electron chi connectivity index (χ1n) is 5.89. The number of carbonyl (C=O) groups is 1. The number of hydrogen-bond donors (Lipinski definition) is 2. The number of nitrogens with one attached hydrogen (secondary N) is 1. The Morgan fingerprint density at radius 3 is 2.63 bits per heavy atom. The summed E-state index contributed by atoms with van der Waals surface area (Å²) in [4.78, 5) is 23.6. The van der Waals surface area contributed by atoms with Crippen LogP contribution in [-0.2, 0) is 11.3 Å². The van der Waals surface area contributed by atoms with E-state index in [4.69, 9.17) is 5.73 Å². The van der Waals surface area contributed by atoms with Gasteiger partial charge in [0.2, 0.25) is 5.91 Å². The Balaban J connectivity index is 2.15. The second-order valence-corrected chi connectivity index (χ2v) is 4.23. The maximum Gasteiger partial charge on any atom is 0.251 e. The molecule has 0 spiro atoms. The van der Waals surface area contributed by atoms with Crippen LogP contribution in [0.5, 0.6) is 0 Å². The van der Waals surface area contributed by atoms with E-state index in [1.807, 2.05) is 0 Å². The number of benzene rings is 1. The van der Waals surface area contributed by atoms with Crippen molar-refractivity contribution in [3.63, 3.8) is 0 Å². The molecule has 1 amide bonds. The van der Waals surface area contributed by atoms with E-state index in [2.05, 4.69) is 5.32 Å². The van der Waals surface area contributed by atoms with Gasteiger partial charge < -0.3 is 15.6 Å². The average molecular weight is 257 g/mol. The van der Waals surface area contributed by atoms with Crippen LogP contribution in [0.4, 0.5) is 11.4 Å². The monoisotopic (exact) mass is 257 g/mol. The van der Waals surface area contributed by atoms with Gasteiger partial charge in [0, 0.05) is 11.8 Å². The number of nitrogens with zero attached hydrogens (tertiary/aromatic N) is 1. The zero-order valence-electron chi connectivity index (χ0n) is 10.6. The number of nitrogen functional groups attached to an aromatic ring is 1. The summed E-state index contributed by atoms with van der Waals surface area (Å²) in [5.74, 6) is -0.283. The third-order valence-electron chi connectivity index (χ3n) is 2.80. The minimum absolute atomic E-state index is 0.0279. The standard InChI is InChI=1S/C14H15N3O2/c1-10-5-4-8-14(19)17(10)9-13(18)16-12-7-3-2-6-11(12)15/h2-8H,9,15H2,1H3,(H,16,18). The van der Waals surface area contributed by atoms with Crippen molar-refractivity contribution in [2.24, 2.45) is 0 Å². The molecule has 0 radical (unpaired) electrons. The number of para-hydroxylation sites is 2. The molecule has 0 saturated carbocycles. The lowest BCUT2D eigenvalue weighted by Gasteiger charge is -2.11. The SMILES string of the molecule is Cc1cccc(=O)n1CC(=O)Nc1ccccc1N. The molecule has 2 rings (SSSR count). The van der Waals surface area contributed by atoms with Crippen molar-refractivity contribution >= 4 is 17.3 Å². The van der Waals surface area contributed by atoms with Crippen molar-refractivity contribution in [1.82, 2.24) is 4.57 Å². The molecule has 2 aromatic rings. The lowest BCUT2D eigenvalue weighted by atomic mass is 10.2. The molecule has 1 aromatic carbocycles. The third kappa shape index (κ3) is 3.01. The number of amides is 1. The fourth-order valence-electron chi connectivity index (χ4n) is 1.77. The summed E-state index contributed by atoms with van der Waals surface area (Å²) in [6.07, 6.45) is 0. The molecule has 98 valence electrons. The number of rotatable bonds is 3. The van der Waals surface area contributed by atoms with E-state index in [0.29, 0.717) is 11.4 Å². The van der Waals surface area contributed by atoms with Crippen molar-refractivity contribution in [2.45, 2.75) is 13.5 Å². The summed E-state index contributed by atoms with van der Waals surface area (Å²) in [7, 11) is 0. The molecular formula is C14H15N3O2. The van der Waals surface area contributed by atoms with Crippen molar-refractivity contribution in [3.8, 4) is 0 Å². The molecule has 0 unspecified atom stereocenters. The summed E-state index contributed by atoms with van der Waals surface area (Å²) in [5.41, 5.74) is 7.32. The molecule has 0 saturated heterocycles. The van der Waals surface area contributed by atoms with Crippen molar-refractivity contribution in [3.05, 3.63) is 58.5 Å². The first-order valence-corrected chi connectivity index (χ1v) is 5.89. The van der Waals surface area contributed by atoms with Gasteiger partial charge in [-0.15, -0.1) is 0 Å². The first kappa shape index (κ1) is 12.9. The topological polar surface area (TPSA) is 77.1 Å². The Hall–Kier alpha value is -2.56. The second kappa shape index (κ2) is 5.39. The summed E-state index contributed by atoms with van der Waals surface area (Å²) >= 11 is 0. The normalized spacial score (nSPS) is 10.2. The molecule has 3 N–H and O–H groups in total. The number of hydrogen-bond acceptors (Lipinski definition) is 3. The average Bonchev–Trinajstić information content (AvgIpc) is 2.37. The van der Waals surface area contributed by atoms with E-state index in [0.717, 1.165) is 5.69 Å². The molecule has 0 atom stereocenters. The van der Waals surface area contributed by atoms with Crippen LogP contribution >= 0.6 is 0 Å². The molecule has 0 bridgehead atoms. The lowest BCUT2D eigenvalue weighted by molar-refractivity contribution is -0.116. The second-order valence-electron chi connectivity index (χ2n) is 4.23. The largest absolute Gasteiger partial charge is 0.397 e. The van der Waals surface area contributed by atoms with E-state index >= 15 is 0 Å². The maximum atomic E-state index is 11.9. The highest BCUT2D eigenvalue weighted by atomic mass is 16.2. The highest BCUT2D eigenvalue weighted by Gasteiger charge is 2.08. The zero-order chi connectivity index (χ0) is 13.8. The molecule has 1 heterocycles. The fourth-order valence-corrected chi connectivity index (χ4v) is 1.77. The van der Waals surface area contributed by atoms with Crippen LogP contribution < -0.4 is 16.6 Å². The van der Waals surface area contributed by atoms with Gasteiger partial charge in [0.15, 0.2) is 0 Å². The van der Waals surface area contributed by atoms with Crippen LogP contribution in [0.2, 0.25) is 0 Å². The van der Waals surface area contributed by atoms with Gasteiger partial charge in [0.25, 0.3) is 5.56 Å².